The molecule has 1 rings (SSSR count). The Morgan fingerprint density at radius 3 is 2.50 bits per heavy atom. The minimum absolute atomic E-state index is 0.156. The molecule has 7 heteroatoms. The van der Waals surface area contributed by atoms with Crippen molar-refractivity contribution in [2.45, 2.75) is 12.8 Å². The number of esters is 1. The molecule has 0 aliphatic heterocycles. The molecule has 0 amide bonds. The molecule has 0 aliphatic carbocycles. The van der Waals surface area contributed by atoms with Gasteiger partial charge in [0.15, 0.2) is 0 Å². The van der Waals surface area contributed by atoms with Crippen LogP contribution in [0.15, 0.2) is 22.7 Å². The Bertz CT molecular complexity index is 468. The van der Waals surface area contributed by atoms with Gasteiger partial charge in [-0.3, -0.25) is 4.79 Å². The van der Waals surface area contributed by atoms with E-state index in [9.17, 15) is 22.8 Å². The molecule has 1 aromatic rings. The fourth-order valence-corrected chi connectivity index (χ4v) is 1.71. The first kappa shape index (κ1) is 14.7. The van der Waals surface area contributed by atoms with Crippen LogP contribution in [0.4, 0.5) is 13.2 Å². The van der Waals surface area contributed by atoms with Crippen molar-refractivity contribution in [1.29, 1.82) is 0 Å². The van der Waals surface area contributed by atoms with E-state index in [0.29, 0.717) is 0 Å². The van der Waals surface area contributed by atoms with Crippen LogP contribution in [0.5, 0.6) is 0 Å². The monoisotopic (exact) mass is 324 g/mol. The Labute approximate surface area is 109 Å². The van der Waals surface area contributed by atoms with E-state index < -0.39 is 29.1 Å². The molecule has 0 heterocycles. The van der Waals surface area contributed by atoms with Gasteiger partial charge in [-0.1, -0.05) is 6.07 Å². The average Bonchev–Trinajstić information content (AvgIpc) is 2.28. The normalized spacial score (nSPS) is 11.2. The van der Waals surface area contributed by atoms with Gasteiger partial charge in [-0.2, -0.15) is 8.78 Å². The van der Waals surface area contributed by atoms with Crippen LogP contribution >= 0.6 is 15.9 Å². The lowest BCUT2D eigenvalue weighted by Crippen LogP contribution is -2.40. The number of ketones is 1. The second-order valence-electron chi connectivity index (χ2n) is 3.22. The minimum Gasteiger partial charge on any atom is -0.461 e. The number of carbonyl (C=O) groups excluding carboxylic acids is 2. The first-order valence-corrected chi connectivity index (χ1v) is 5.65. The van der Waals surface area contributed by atoms with Crippen molar-refractivity contribution in [2.75, 3.05) is 6.61 Å². The second kappa shape index (κ2) is 5.51. The van der Waals surface area contributed by atoms with Crippen molar-refractivity contribution in [3.05, 3.63) is 34.1 Å². The van der Waals surface area contributed by atoms with E-state index >= 15 is 0 Å². The summed E-state index contributed by atoms with van der Waals surface area (Å²) in [6.45, 7) is 1.01. The predicted molar refractivity (Wildman–Crippen MR) is 60.0 cm³/mol. The van der Waals surface area contributed by atoms with Crippen molar-refractivity contribution in [1.82, 2.24) is 0 Å². The van der Waals surface area contributed by atoms with Crippen molar-refractivity contribution in [3.8, 4) is 0 Å². The van der Waals surface area contributed by atoms with Crippen LogP contribution in [0.25, 0.3) is 0 Å². The topological polar surface area (TPSA) is 43.4 Å². The van der Waals surface area contributed by atoms with Gasteiger partial charge in [0.05, 0.1) is 12.2 Å². The van der Waals surface area contributed by atoms with E-state index in [2.05, 4.69) is 20.7 Å². The fraction of sp³-hybridized carbons (Fsp3) is 0.273. The number of carbonyl (C=O) groups is 2. The van der Waals surface area contributed by atoms with Crippen LogP contribution < -0.4 is 0 Å². The van der Waals surface area contributed by atoms with Gasteiger partial charge in [0, 0.05) is 4.47 Å². The number of hydrogen-bond donors (Lipinski definition) is 0. The molecule has 0 saturated heterocycles. The largest absolute Gasteiger partial charge is 0.461 e. The number of halogens is 4. The summed E-state index contributed by atoms with van der Waals surface area (Å²) in [5, 5.41) is 0. The Hall–Kier alpha value is -1.37. The SMILES string of the molecule is CCOC(=O)C(F)(F)C(=O)c1c(F)cccc1Br. The molecular weight excluding hydrogens is 317 g/mol. The maximum atomic E-state index is 13.4. The molecule has 0 N–H and O–H groups in total. The fourth-order valence-electron chi connectivity index (χ4n) is 1.19. The third-order valence-electron chi connectivity index (χ3n) is 2.01. The van der Waals surface area contributed by atoms with E-state index in [1.807, 2.05) is 0 Å². The third kappa shape index (κ3) is 2.72. The van der Waals surface area contributed by atoms with Gasteiger partial charge in [-0.25, -0.2) is 9.18 Å². The van der Waals surface area contributed by atoms with Crippen LogP contribution in [0.1, 0.15) is 17.3 Å². The van der Waals surface area contributed by atoms with Gasteiger partial charge < -0.3 is 4.74 Å². The summed E-state index contributed by atoms with van der Waals surface area (Å²) in [4.78, 5) is 22.5. The number of Topliss-reactive ketones (excluding diaryl/α,β-unsaturated/α-hetero) is 1. The Morgan fingerprint density at radius 1 is 1.39 bits per heavy atom. The molecule has 3 nitrogen and oxygen atoms in total. The molecule has 0 atom stereocenters. The van der Waals surface area contributed by atoms with Gasteiger partial charge >= 0.3 is 11.9 Å². The van der Waals surface area contributed by atoms with E-state index in [4.69, 9.17) is 0 Å². The first-order valence-electron chi connectivity index (χ1n) is 4.86. The summed E-state index contributed by atoms with van der Waals surface area (Å²) in [7, 11) is 0. The lowest BCUT2D eigenvalue weighted by atomic mass is 10.1. The third-order valence-corrected chi connectivity index (χ3v) is 2.67. The van der Waals surface area contributed by atoms with Gasteiger partial charge in [-0.15, -0.1) is 0 Å². The summed E-state index contributed by atoms with van der Waals surface area (Å²) in [6.07, 6.45) is 0. The van der Waals surface area contributed by atoms with Crippen LogP contribution in [-0.2, 0) is 9.53 Å². The zero-order valence-electron chi connectivity index (χ0n) is 9.18. The summed E-state index contributed by atoms with van der Waals surface area (Å²) >= 11 is 2.78. The lowest BCUT2D eigenvalue weighted by Gasteiger charge is -2.14. The highest BCUT2D eigenvalue weighted by atomic mass is 79.9. The molecule has 0 bridgehead atoms. The zero-order valence-corrected chi connectivity index (χ0v) is 10.8. The predicted octanol–water partition coefficient (Wildman–Crippen LogP) is 2.97. The standard InChI is InChI=1S/C11H8BrF3O3/c1-2-18-10(17)11(14,15)9(16)8-6(12)4-3-5-7(8)13/h3-5H,2H2,1H3. The van der Waals surface area contributed by atoms with Crippen molar-refractivity contribution >= 4 is 27.7 Å². The smallest absolute Gasteiger partial charge is 0.404 e. The molecule has 0 fully saturated rings. The average molecular weight is 325 g/mol. The molecule has 0 spiro atoms. The molecule has 98 valence electrons. The first-order chi connectivity index (χ1) is 8.32. The maximum absolute atomic E-state index is 13.4. The molecule has 0 aliphatic rings. The Morgan fingerprint density at radius 2 is 2.00 bits per heavy atom. The van der Waals surface area contributed by atoms with Crippen LogP contribution in [0, 0.1) is 5.82 Å². The van der Waals surface area contributed by atoms with E-state index in [-0.39, 0.29) is 11.1 Å². The summed E-state index contributed by atoms with van der Waals surface area (Å²) in [6, 6.07) is 3.30. The molecule has 1 aromatic carbocycles. The van der Waals surface area contributed by atoms with Gasteiger partial charge in [0.1, 0.15) is 5.82 Å². The van der Waals surface area contributed by atoms with Crippen LogP contribution in [0.3, 0.4) is 0 Å². The minimum atomic E-state index is -4.42. The summed E-state index contributed by atoms with van der Waals surface area (Å²) in [5.74, 6) is -9.49. The quantitative estimate of drug-likeness (QED) is 0.486. The zero-order chi connectivity index (χ0) is 13.9. The Kier molecular flexibility index (Phi) is 4.50. The van der Waals surface area contributed by atoms with Gasteiger partial charge in [0.2, 0.25) is 5.78 Å². The van der Waals surface area contributed by atoms with E-state index in [1.165, 1.54) is 19.1 Å². The molecule has 0 aromatic heterocycles. The number of hydrogen-bond acceptors (Lipinski definition) is 3. The van der Waals surface area contributed by atoms with Crippen molar-refractivity contribution < 1.29 is 27.5 Å². The number of benzene rings is 1. The van der Waals surface area contributed by atoms with E-state index in [1.54, 1.807) is 0 Å². The van der Waals surface area contributed by atoms with Crippen LogP contribution in [-0.4, -0.2) is 24.3 Å². The van der Waals surface area contributed by atoms with Gasteiger partial charge in [0.25, 0.3) is 0 Å². The lowest BCUT2D eigenvalue weighted by molar-refractivity contribution is -0.164. The molecule has 18 heavy (non-hydrogen) atoms. The van der Waals surface area contributed by atoms with Crippen molar-refractivity contribution in [2.24, 2.45) is 0 Å². The number of rotatable bonds is 4. The molecule has 0 radical (unpaired) electrons. The maximum Gasteiger partial charge on any atom is 0.404 e. The highest BCUT2D eigenvalue weighted by Crippen LogP contribution is 2.28. The Balaban J connectivity index is 3.18. The molecule has 0 saturated carbocycles. The summed E-state index contributed by atoms with van der Waals surface area (Å²) < 4.78 is 44.1. The second-order valence-corrected chi connectivity index (χ2v) is 4.07. The van der Waals surface area contributed by atoms with Gasteiger partial charge in [-0.05, 0) is 35.0 Å². The highest BCUT2D eigenvalue weighted by Gasteiger charge is 2.50. The highest BCUT2D eigenvalue weighted by molar-refractivity contribution is 9.10. The van der Waals surface area contributed by atoms with E-state index in [0.717, 1.165) is 6.07 Å². The molecular formula is C11H8BrF3O3. The van der Waals surface area contributed by atoms with Crippen molar-refractivity contribution in [3.63, 3.8) is 0 Å². The number of ether oxygens (including phenoxy) is 1. The number of alkyl halides is 2. The summed E-state index contributed by atoms with van der Waals surface area (Å²) in [5.41, 5.74) is -0.879. The molecule has 0 unspecified atom stereocenters. The van der Waals surface area contributed by atoms with Crippen LogP contribution in [0.2, 0.25) is 0 Å².